The van der Waals surface area contributed by atoms with Crippen LogP contribution in [0.4, 0.5) is 0 Å². The number of thioether (sulfide) groups is 1. The van der Waals surface area contributed by atoms with Gasteiger partial charge in [-0.15, -0.1) is 15.3 Å². The lowest BCUT2D eigenvalue weighted by atomic mass is 10.2. The maximum atomic E-state index is 12.4. The van der Waals surface area contributed by atoms with E-state index in [9.17, 15) is 4.79 Å². The van der Waals surface area contributed by atoms with Crippen molar-refractivity contribution < 1.29 is 0 Å². The molecule has 0 unspecified atom stereocenters. The smallest absolute Gasteiger partial charge is 0.262 e. The molecule has 9 heteroatoms. The van der Waals surface area contributed by atoms with Crippen LogP contribution in [0.5, 0.6) is 0 Å². The molecular weight excluding hydrogens is 326 g/mol. The summed E-state index contributed by atoms with van der Waals surface area (Å²) < 4.78 is 3.43. The predicted molar refractivity (Wildman–Crippen MR) is 91.1 cm³/mol. The molecule has 0 aliphatic carbocycles. The molecule has 0 aliphatic rings. The highest BCUT2D eigenvalue weighted by atomic mass is 32.2. The summed E-state index contributed by atoms with van der Waals surface area (Å²) in [6, 6.07) is 7.48. The normalized spacial score (nSPS) is 11.6. The first-order valence-electron chi connectivity index (χ1n) is 7.55. The summed E-state index contributed by atoms with van der Waals surface area (Å²) in [4.78, 5) is 16.8. The van der Waals surface area contributed by atoms with E-state index in [4.69, 9.17) is 0 Å². The van der Waals surface area contributed by atoms with Gasteiger partial charge in [0, 0.05) is 13.5 Å². The molecule has 0 amide bonds. The van der Waals surface area contributed by atoms with Crippen LogP contribution in [-0.2, 0) is 19.2 Å². The largest absolute Gasteiger partial charge is 0.279 e. The maximum Gasteiger partial charge on any atom is 0.262 e. The van der Waals surface area contributed by atoms with Crippen LogP contribution >= 0.6 is 11.8 Å². The lowest BCUT2D eigenvalue weighted by molar-refractivity contribution is 0.857. The Labute approximate surface area is 140 Å². The number of H-pyrrole nitrogens is 1. The Balaban J connectivity index is 1.80. The molecule has 0 atom stereocenters. The third kappa shape index (κ3) is 2.28. The van der Waals surface area contributed by atoms with E-state index in [0.29, 0.717) is 22.1 Å². The molecular formula is C15H15N7OS. The predicted octanol–water partition coefficient (Wildman–Crippen LogP) is 1.55. The molecule has 1 N–H and O–H groups in total. The Kier molecular flexibility index (Phi) is 3.57. The molecule has 0 bridgehead atoms. The Hall–Kier alpha value is -2.68. The average molecular weight is 341 g/mol. The zero-order valence-electron chi connectivity index (χ0n) is 13.2. The van der Waals surface area contributed by atoms with Gasteiger partial charge in [-0.05, 0) is 12.1 Å². The highest BCUT2D eigenvalue weighted by molar-refractivity contribution is 7.98. The van der Waals surface area contributed by atoms with Crippen molar-refractivity contribution in [3.05, 3.63) is 46.3 Å². The molecule has 1 aromatic carbocycles. The van der Waals surface area contributed by atoms with E-state index in [1.54, 1.807) is 7.05 Å². The molecule has 3 heterocycles. The molecule has 0 aliphatic heterocycles. The number of para-hydroxylation sites is 1. The van der Waals surface area contributed by atoms with Gasteiger partial charge in [0.25, 0.3) is 5.56 Å². The van der Waals surface area contributed by atoms with Crippen molar-refractivity contribution in [2.75, 3.05) is 0 Å². The summed E-state index contributed by atoms with van der Waals surface area (Å²) >= 11 is 1.48. The van der Waals surface area contributed by atoms with Crippen LogP contribution < -0.4 is 5.56 Å². The number of nitrogens with zero attached hydrogens (tertiary/aromatic N) is 6. The number of aromatic amines is 1. The molecule has 4 rings (SSSR count). The van der Waals surface area contributed by atoms with Crippen molar-refractivity contribution in [2.24, 2.45) is 7.05 Å². The van der Waals surface area contributed by atoms with E-state index in [0.717, 1.165) is 23.6 Å². The van der Waals surface area contributed by atoms with Gasteiger partial charge in [-0.25, -0.2) is 4.98 Å². The Morgan fingerprint density at radius 1 is 1.25 bits per heavy atom. The highest BCUT2D eigenvalue weighted by Gasteiger charge is 2.15. The molecule has 4 aromatic rings. The summed E-state index contributed by atoms with van der Waals surface area (Å²) in [6.07, 6.45) is 0.814. The maximum absolute atomic E-state index is 12.4. The number of fused-ring (bicyclic) bond motifs is 3. The summed E-state index contributed by atoms with van der Waals surface area (Å²) in [5.74, 6) is 2.70. The molecule has 8 nitrogen and oxygen atoms in total. The molecule has 0 saturated carbocycles. The Morgan fingerprint density at radius 2 is 2.08 bits per heavy atom. The first-order valence-corrected chi connectivity index (χ1v) is 8.53. The topological polar surface area (TPSA) is 93.8 Å². The van der Waals surface area contributed by atoms with Gasteiger partial charge in [0.2, 0.25) is 10.9 Å². The molecule has 0 radical (unpaired) electrons. The van der Waals surface area contributed by atoms with Crippen molar-refractivity contribution in [2.45, 2.75) is 24.3 Å². The zero-order valence-corrected chi connectivity index (χ0v) is 14.0. The number of hydrogen-bond donors (Lipinski definition) is 1. The number of aryl methyl sites for hydroxylation is 2. The number of hydrogen-bond acceptors (Lipinski definition) is 6. The van der Waals surface area contributed by atoms with E-state index in [-0.39, 0.29) is 5.56 Å². The minimum Gasteiger partial charge on any atom is -0.279 e. The third-order valence-electron chi connectivity index (χ3n) is 3.87. The monoisotopic (exact) mass is 341 g/mol. The summed E-state index contributed by atoms with van der Waals surface area (Å²) in [6.45, 7) is 2.02. The molecule has 24 heavy (non-hydrogen) atoms. The van der Waals surface area contributed by atoms with Crippen molar-refractivity contribution >= 4 is 28.4 Å². The molecule has 0 spiro atoms. The second-order valence-corrected chi connectivity index (χ2v) is 6.28. The molecule has 3 aromatic heterocycles. The first-order chi connectivity index (χ1) is 11.7. The van der Waals surface area contributed by atoms with E-state index in [1.165, 1.54) is 16.3 Å². The fraction of sp³-hybridized carbons (Fsp3) is 0.267. The van der Waals surface area contributed by atoms with Crippen LogP contribution in [0.15, 0.2) is 34.2 Å². The van der Waals surface area contributed by atoms with Gasteiger partial charge in [-0.1, -0.05) is 30.8 Å². The van der Waals surface area contributed by atoms with Crippen LogP contribution in [0.3, 0.4) is 0 Å². The SMILES string of the molecule is CCc1nc(SCc2nnc3n(C)c(=O)c4ccccc4n23)n[nH]1. The lowest BCUT2D eigenvalue weighted by Gasteiger charge is -2.07. The number of nitrogens with one attached hydrogen (secondary N) is 1. The highest BCUT2D eigenvalue weighted by Crippen LogP contribution is 2.21. The van der Waals surface area contributed by atoms with Crippen LogP contribution in [0, 0.1) is 0 Å². The minimum atomic E-state index is -0.0775. The first kappa shape index (κ1) is 14.9. The number of aromatic nitrogens is 7. The average Bonchev–Trinajstić information content (AvgIpc) is 3.24. The summed E-state index contributed by atoms with van der Waals surface area (Å²) in [5.41, 5.74) is 0.728. The van der Waals surface area contributed by atoms with Crippen molar-refractivity contribution in [3.8, 4) is 0 Å². The van der Waals surface area contributed by atoms with Gasteiger partial charge in [-0.3, -0.25) is 18.9 Å². The van der Waals surface area contributed by atoms with E-state index in [1.807, 2.05) is 35.6 Å². The summed E-state index contributed by atoms with van der Waals surface area (Å²) in [7, 11) is 1.71. The lowest BCUT2D eigenvalue weighted by Crippen LogP contribution is -2.20. The Morgan fingerprint density at radius 3 is 2.88 bits per heavy atom. The van der Waals surface area contributed by atoms with Gasteiger partial charge in [-0.2, -0.15) is 0 Å². The van der Waals surface area contributed by atoms with Gasteiger partial charge in [0.15, 0.2) is 0 Å². The van der Waals surface area contributed by atoms with Crippen LogP contribution in [0.2, 0.25) is 0 Å². The Bertz CT molecular complexity index is 1090. The van der Waals surface area contributed by atoms with Gasteiger partial charge >= 0.3 is 0 Å². The van der Waals surface area contributed by atoms with Crippen molar-refractivity contribution in [1.29, 1.82) is 0 Å². The van der Waals surface area contributed by atoms with Crippen molar-refractivity contribution in [3.63, 3.8) is 0 Å². The minimum absolute atomic E-state index is 0.0775. The molecule has 0 saturated heterocycles. The van der Waals surface area contributed by atoms with Crippen LogP contribution in [0.1, 0.15) is 18.6 Å². The van der Waals surface area contributed by atoms with E-state index in [2.05, 4.69) is 25.4 Å². The van der Waals surface area contributed by atoms with Crippen LogP contribution in [-0.4, -0.2) is 34.3 Å². The van der Waals surface area contributed by atoms with Gasteiger partial charge in [0.05, 0.1) is 16.7 Å². The van der Waals surface area contributed by atoms with Gasteiger partial charge in [0.1, 0.15) is 11.6 Å². The summed E-state index contributed by atoms with van der Waals surface area (Å²) in [5, 5.41) is 16.8. The standard InChI is InChI=1S/C15H15N7OS/c1-3-11-16-14(19-17-11)24-8-12-18-20-15-21(2)13(23)9-6-4-5-7-10(9)22(12)15/h4-7H,3,8H2,1-2H3,(H,16,17,19). The van der Waals surface area contributed by atoms with Crippen LogP contribution in [0.25, 0.3) is 16.7 Å². The quantitative estimate of drug-likeness (QED) is 0.566. The second kappa shape index (κ2) is 5.75. The fourth-order valence-electron chi connectivity index (χ4n) is 2.62. The number of benzene rings is 1. The molecule has 0 fully saturated rings. The zero-order chi connectivity index (χ0) is 16.7. The van der Waals surface area contributed by atoms with Crippen molar-refractivity contribution in [1.82, 2.24) is 34.3 Å². The van der Waals surface area contributed by atoms with E-state index < -0.39 is 0 Å². The van der Waals surface area contributed by atoms with E-state index >= 15 is 0 Å². The second-order valence-electron chi connectivity index (χ2n) is 5.34. The third-order valence-corrected chi connectivity index (χ3v) is 4.71. The van der Waals surface area contributed by atoms with Gasteiger partial charge < -0.3 is 0 Å². The molecule has 122 valence electrons. The fourth-order valence-corrected chi connectivity index (χ4v) is 3.35. The number of rotatable bonds is 4.